The predicted octanol–water partition coefficient (Wildman–Crippen LogP) is 5.47. The minimum Gasteiger partial charge on any atom is -0.480 e. The highest BCUT2D eigenvalue weighted by atomic mass is 16.6. The molecule has 0 bridgehead atoms. The molecule has 0 aliphatic carbocycles. The topological polar surface area (TPSA) is 371 Å². The molecule has 3 atom stereocenters. The average molecular weight is 1350 g/mol. The third kappa shape index (κ3) is 36.9. The third-order valence-corrected chi connectivity index (χ3v) is 12.2. The largest absolute Gasteiger partial charge is 0.480 e. The molecule has 0 fully saturated rings. The van der Waals surface area contributed by atoms with Crippen LogP contribution in [-0.4, -0.2) is 200 Å². The molecular formula is C65H106N10O20. The van der Waals surface area contributed by atoms with Gasteiger partial charge in [0.25, 0.3) is 0 Å². The molecule has 30 heteroatoms. The van der Waals surface area contributed by atoms with Gasteiger partial charge in [-0.2, -0.15) is 0 Å². The van der Waals surface area contributed by atoms with Gasteiger partial charge >= 0.3 is 53.8 Å². The molecule has 0 unspecified atom stereocenters. The van der Waals surface area contributed by atoms with E-state index >= 15 is 0 Å². The van der Waals surface area contributed by atoms with Gasteiger partial charge in [-0.15, -0.1) is 0 Å². The first kappa shape index (κ1) is 82.9. The fourth-order valence-corrected chi connectivity index (χ4v) is 8.70. The SMILES string of the molecule is CC(C)(C)OC(=O)CC[C@H](NC(=O)N[C@@H](CCC(=O)N[C@H](CCCCN(Cc1nccn1CC(=O)N(CC(=O)OC(C)(C)C)CC(=O)OC(C)(C)C)Cc1nccn1CC(=O)N(CC(=O)OC(C)(C)C)CC(=O)OC(C)(C)C)C(=O)O)C(=O)OC(C)(C)C)C(=O)OC(C)(C)C. The van der Waals surface area contributed by atoms with Gasteiger partial charge in [-0.05, 0) is 184 Å². The van der Waals surface area contributed by atoms with Crippen LogP contribution in [0.5, 0.6) is 0 Å². The molecule has 0 radical (unpaired) electrons. The molecule has 5 amide bonds. The number of unbranched alkanes of at least 4 members (excludes halogenated alkanes) is 1. The van der Waals surface area contributed by atoms with Gasteiger partial charge in [-0.1, -0.05) is 0 Å². The Balaban J connectivity index is 2.50. The highest BCUT2D eigenvalue weighted by molar-refractivity contribution is 5.90. The highest BCUT2D eigenvalue weighted by Crippen LogP contribution is 2.19. The van der Waals surface area contributed by atoms with Crippen LogP contribution in [0, 0.1) is 0 Å². The zero-order chi connectivity index (χ0) is 72.8. The Morgan fingerprint density at radius 3 is 1.08 bits per heavy atom. The molecule has 0 aromatic carbocycles. The van der Waals surface area contributed by atoms with E-state index in [1.165, 1.54) is 33.9 Å². The Bertz CT molecular complexity index is 2780. The van der Waals surface area contributed by atoms with Crippen LogP contribution >= 0.6 is 0 Å². The summed E-state index contributed by atoms with van der Waals surface area (Å²) >= 11 is 0. The fourth-order valence-electron chi connectivity index (χ4n) is 8.70. The van der Waals surface area contributed by atoms with Crippen molar-refractivity contribution in [1.82, 2.24) is 49.8 Å². The molecule has 2 heterocycles. The highest BCUT2D eigenvalue weighted by Gasteiger charge is 2.34. The van der Waals surface area contributed by atoms with E-state index < -0.39 is 175 Å². The number of nitrogens with zero attached hydrogens (tertiary/aromatic N) is 7. The number of urea groups is 1. The number of rotatable bonds is 33. The first-order valence-electron chi connectivity index (χ1n) is 31.7. The first-order valence-corrected chi connectivity index (χ1v) is 31.7. The van der Waals surface area contributed by atoms with Gasteiger partial charge in [-0.25, -0.2) is 29.1 Å². The number of esters is 7. The Morgan fingerprint density at radius 2 is 0.758 bits per heavy atom. The summed E-state index contributed by atoms with van der Waals surface area (Å²) in [5.74, 6) is -8.41. The maximum Gasteiger partial charge on any atom is 0.329 e. The van der Waals surface area contributed by atoms with Gasteiger partial charge < -0.3 is 73.1 Å². The van der Waals surface area contributed by atoms with E-state index in [9.17, 15) is 62.6 Å². The molecule has 4 N–H and O–H groups in total. The number of hydrogen-bond donors (Lipinski definition) is 4. The smallest absolute Gasteiger partial charge is 0.329 e. The molecule has 0 aliphatic rings. The van der Waals surface area contributed by atoms with Crippen molar-refractivity contribution in [3.05, 3.63) is 36.4 Å². The molecule has 0 saturated carbocycles. The van der Waals surface area contributed by atoms with Crippen LogP contribution in [0.1, 0.15) is 202 Å². The quantitative estimate of drug-likeness (QED) is 0.0391. The maximum absolute atomic E-state index is 14.1. The molecule has 2 aromatic heterocycles. The summed E-state index contributed by atoms with van der Waals surface area (Å²) in [6.45, 7) is 31.5. The number of imidazole rings is 2. The van der Waals surface area contributed by atoms with E-state index in [-0.39, 0.29) is 58.2 Å². The summed E-state index contributed by atoms with van der Waals surface area (Å²) in [7, 11) is 0. The molecular weight excluding hydrogens is 1240 g/mol. The lowest BCUT2D eigenvalue weighted by atomic mass is 10.1. The summed E-state index contributed by atoms with van der Waals surface area (Å²) in [5.41, 5.74) is -6.51. The van der Waals surface area contributed by atoms with Crippen molar-refractivity contribution in [2.75, 3.05) is 32.7 Å². The van der Waals surface area contributed by atoms with Crippen LogP contribution in [0.2, 0.25) is 0 Å². The zero-order valence-electron chi connectivity index (χ0n) is 59.7. The number of ether oxygens (including phenoxy) is 7. The number of carbonyl (C=O) groups is 12. The number of carboxylic acids is 1. The minimum absolute atomic E-state index is 0.0136. The summed E-state index contributed by atoms with van der Waals surface area (Å²) in [4.78, 5) is 173. The van der Waals surface area contributed by atoms with Gasteiger partial charge in [0, 0.05) is 37.6 Å². The van der Waals surface area contributed by atoms with Gasteiger partial charge in [0.05, 0.1) is 13.1 Å². The van der Waals surface area contributed by atoms with Crippen LogP contribution in [-0.2, 0) is 112 Å². The normalized spacial score (nSPS) is 13.2. The maximum atomic E-state index is 14.1. The standard InChI is InChI=1S/C65H106N10O20/c1-59(2,3)89-50(79)28-26-44(57(87)95-65(19,20)21)70-58(88)69-43(56(86)94-64(16,17)18)25-27-47(76)68-42(55(84)85)24-22-23-31-71(34-45-66-29-32-72(45)36-48(77)74(38-51(80)90-60(4,5)6)39-52(81)91-61(7,8)9)35-46-67-30-33-73(46)37-49(78)75(40-53(82)92-62(10,11)12)41-54(83)93-63(13,14)15/h29-30,32-33,42-44H,22-28,31,34-41H2,1-21H3,(H,68,76)(H,84,85)(H2,69,70,88)/t42-,43+,44+/m1/s1. The van der Waals surface area contributed by atoms with Crippen molar-refractivity contribution in [2.24, 2.45) is 0 Å². The number of aromatic nitrogens is 4. The predicted molar refractivity (Wildman–Crippen MR) is 344 cm³/mol. The molecule has 30 nitrogen and oxygen atoms in total. The Labute approximate surface area is 558 Å². The van der Waals surface area contributed by atoms with E-state index in [0.717, 1.165) is 9.80 Å². The van der Waals surface area contributed by atoms with E-state index in [2.05, 4.69) is 25.9 Å². The molecule has 0 aliphatic heterocycles. The van der Waals surface area contributed by atoms with Crippen molar-refractivity contribution in [1.29, 1.82) is 0 Å². The number of carboxylic acid groups (broad SMARTS) is 1. The van der Waals surface area contributed by atoms with Crippen LogP contribution in [0.15, 0.2) is 24.8 Å². The van der Waals surface area contributed by atoms with Crippen molar-refractivity contribution < 1.29 is 95.8 Å². The molecule has 0 saturated heterocycles. The van der Waals surface area contributed by atoms with Crippen molar-refractivity contribution in [2.45, 2.75) is 274 Å². The summed E-state index contributed by atoms with van der Waals surface area (Å²) in [6.07, 6.45) is 4.87. The van der Waals surface area contributed by atoms with E-state index in [0.29, 0.717) is 11.6 Å². The summed E-state index contributed by atoms with van der Waals surface area (Å²) in [6, 6.07) is -5.37. The summed E-state index contributed by atoms with van der Waals surface area (Å²) < 4.78 is 41.3. The van der Waals surface area contributed by atoms with Gasteiger partial charge in [0.1, 0.15) is 108 Å². The zero-order valence-corrected chi connectivity index (χ0v) is 59.7. The summed E-state index contributed by atoms with van der Waals surface area (Å²) in [5, 5.41) is 17.8. The average Bonchev–Trinajstić information content (AvgIpc) is 1.79. The number of hydrogen-bond acceptors (Lipinski definition) is 22. The van der Waals surface area contributed by atoms with Gasteiger partial charge in [0.15, 0.2) is 0 Å². The van der Waals surface area contributed by atoms with Crippen LogP contribution in [0.25, 0.3) is 0 Å². The molecule has 0 spiro atoms. The van der Waals surface area contributed by atoms with Gasteiger partial charge in [0.2, 0.25) is 17.7 Å². The number of amides is 5. The van der Waals surface area contributed by atoms with E-state index in [1.807, 2.05) is 4.90 Å². The lowest BCUT2D eigenvalue weighted by molar-refractivity contribution is -0.165. The number of nitrogens with one attached hydrogen (secondary N) is 3. The van der Waals surface area contributed by atoms with E-state index in [1.54, 1.807) is 145 Å². The second-order valence-corrected chi connectivity index (χ2v) is 29.9. The molecule has 95 heavy (non-hydrogen) atoms. The van der Waals surface area contributed by atoms with Crippen molar-refractivity contribution in [3.63, 3.8) is 0 Å². The van der Waals surface area contributed by atoms with Crippen molar-refractivity contribution >= 4 is 71.5 Å². The van der Waals surface area contributed by atoms with E-state index in [4.69, 9.17) is 33.2 Å². The fraction of sp³-hybridized carbons (Fsp3) is 0.723. The number of aliphatic carboxylic acids is 1. The van der Waals surface area contributed by atoms with Crippen LogP contribution in [0.3, 0.4) is 0 Å². The first-order chi connectivity index (χ1) is 43.2. The van der Waals surface area contributed by atoms with Crippen LogP contribution in [0.4, 0.5) is 4.79 Å². The molecule has 2 aromatic rings. The molecule has 2 rings (SSSR count). The Morgan fingerprint density at radius 1 is 0.432 bits per heavy atom. The monoisotopic (exact) mass is 1350 g/mol. The van der Waals surface area contributed by atoms with Crippen molar-refractivity contribution in [3.8, 4) is 0 Å². The third-order valence-electron chi connectivity index (χ3n) is 12.2. The second-order valence-electron chi connectivity index (χ2n) is 29.9. The van der Waals surface area contributed by atoms with Crippen LogP contribution < -0.4 is 16.0 Å². The number of carbonyl (C=O) groups excluding carboxylic acids is 11. The Kier molecular flexibility index (Phi) is 31.0. The lowest BCUT2D eigenvalue weighted by Crippen LogP contribution is -2.53. The second kappa shape index (κ2) is 35.5. The minimum atomic E-state index is -1.50. The molecule has 536 valence electrons. The lowest BCUT2D eigenvalue weighted by Gasteiger charge is -2.27. The Hall–Kier alpha value is -8.18. The van der Waals surface area contributed by atoms with Gasteiger partial charge in [-0.3, -0.25) is 43.3 Å².